The number of carbonyl (C=O) groups excluding carboxylic acids is 3. The van der Waals surface area contributed by atoms with Gasteiger partial charge >= 0.3 is 12.0 Å². The average Bonchev–Trinajstić information content (AvgIpc) is 3.19. The first-order valence-corrected chi connectivity index (χ1v) is 8.53. The number of hydrogen-bond acceptors (Lipinski definition) is 7. The topological polar surface area (TPSA) is 128 Å². The van der Waals surface area contributed by atoms with Crippen LogP contribution in [-0.2, 0) is 20.7 Å². The summed E-state index contributed by atoms with van der Waals surface area (Å²) in [5.74, 6) is -1.40. The van der Waals surface area contributed by atoms with Crippen LogP contribution in [0.4, 0.5) is 4.79 Å². The minimum atomic E-state index is -0.829. The van der Waals surface area contributed by atoms with Gasteiger partial charge in [0.2, 0.25) is 0 Å². The lowest BCUT2D eigenvalue weighted by Crippen LogP contribution is -2.44. The van der Waals surface area contributed by atoms with E-state index in [1.807, 2.05) is 44.2 Å². The Morgan fingerprint density at radius 3 is 2.59 bits per heavy atom. The number of benzene rings is 1. The van der Waals surface area contributed by atoms with E-state index in [0.717, 1.165) is 12.0 Å². The van der Waals surface area contributed by atoms with E-state index in [9.17, 15) is 14.4 Å². The van der Waals surface area contributed by atoms with Gasteiger partial charge in [-0.1, -0.05) is 37.3 Å². The van der Waals surface area contributed by atoms with E-state index in [2.05, 4.69) is 26.2 Å². The summed E-state index contributed by atoms with van der Waals surface area (Å²) in [5.41, 5.74) is 0.882. The smallest absolute Gasteiger partial charge is 0.331 e. The fourth-order valence-corrected chi connectivity index (χ4v) is 2.19. The molecular formula is C17H22N6O4. The highest BCUT2D eigenvalue weighted by Crippen LogP contribution is 2.14. The predicted octanol–water partition coefficient (Wildman–Crippen LogP) is 0.624. The number of amides is 3. The number of urea groups is 1. The standard InChI is InChI=1S/C17H22N6O4/c1-3-12(2)19-17(26)20-15(24)10-27-16(25)14(23-11-18-21-22-23)9-13-7-5-4-6-8-13/h4-8,11-12,14H,3,9-10H2,1-2H3,(H2,19,20,24,26)/t12-,14+/m0/s1. The van der Waals surface area contributed by atoms with Crippen LogP contribution in [0.15, 0.2) is 36.7 Å². The molecular weight excluding hydrogens is 352 g/mol. The lowest BCUT2D eigenvalue weighted by atomic mass is 10.1. The second-order valence-electron chi connectivity index (χ2n) is 5.93. The molecule has 0 bridgehead atoms. The van der Waals surface area contributed by atoms with Gasteiger partial charge in [0.05, 0.1) is 0 Å². The molecule has 0 spiro atoms. The number of tetrazole rings is 1. The van der Waals surface area contributed by atoms with E-state index >= 15 is 0 Å². The molecule has 0 saturated heterocycles. The van der Waals surface area contributed by atoms with E-state index in [1.54, 1.807) is 0 Å². The van der Waals surface area contributed by atoms with Gasteiger partial charge in [-0.15, -0.1) is 5.10 Å². The number of rotatable bonds is 8. The maximum absolute atomic E-state index is 12.4. The molecule has 27 heavy (non-hydrogen) atoms. The van der Waals surface area contributed by atoms with Gasteiger partial charge in [-0.25, -0.2) is 14.3 Å². The summed E-state index contributed by atoms with van der Waals surface area (Å²) in [6.45, 7) is 3.13. The molecule has 2 atom stereocenters. The summed E-state index contributed by atoms with van der Waals surface area (Å²) < 4.78 is 6.31. The molecule has 1 aromatic heterocycles. The molecule has 0 fully saturated rings. The van der Waals surface area contributed by atoms with Crippen molar-refractivity contribution in [1.82, 2.24) is 30.8 Å². The molecule has 0 radical (unpaired) electrons. The quantitative estimate of drug-likeness (QED) is 0.648. The molecule has 3 amide bonds. The summed E-state index contributed by atoms with van der Waals surface area (Å²) in [7, 11) is 0. The third-order valence-corrected chi connectivity index (χ3v) is 3.82. The van der Waals surface area contributed by atoms with Crippen LogP contribution in [0.25, 0.3) is 0 Å². The van der Waals surface area contributed by atoms with Gasteiger partial charge in [0.25, 0.3) is 5.91 Å². The van der Waals surface area contributed by atoms with Gasteiger partial charge in [-0.3, -0.25) is 10.1 Å². The number of ether oxygens (including phenoxy) is 1. The fraction of sp³-hybridized carbons (Fsp3) is 0.412. The molecule has 0 unspecified atom stereocenters. The van der Waals surface area contributed by atoms with E-state index in [4.69, 9.17) is 4.74 Å². The number of esters is 1. The zero-order valence-corrected chi connectivity index (χ0v) is 15.2. The van der Waals surface area contributed by atoms with Crippen molar-refractivity contribution in [3.05, 3.63) is 42.2 Å². The van der Waals surface area contributed by atoms with Crippen LogP contribution in [-0.4, -0.2) is 50.8 Å². The van der Waals surface area contributed by atoms with Crippen LogP contribution in [0.2, 0.25) is 0 Å². The first-order valence-electron chi connectivity index (χ1n) is 8.53. The Morgan fingerprint density at radius 2 is 1.96 bits per heavy atom. The van der Waals surface area contributed by atoms with Crippen LogP contribution < -0.4 is 10.6 Å². The van der Waals surface area contributed by atoms with Gasteiger partial charge < -0.3 is 10.1 Å². The molecule has 0 saturated carbocycles. The number of imide groups is 1. The summed E-state index contributed by atoms with van der Waals surface area (Å²) in [6.07, 6.45) is 2.32. The third-order valence-electron chi connectivity index (χ3n) is 3.82. The highest BCUT2D eigenvalue weighted by molar-refractivity contribution is 5.95. The lowest BCUT2D eigenvalue weighted by molar-refractivity contribution is -0.152. The van der Waals surface area contributed by atoms with Crippen LogP contribution >= 0.6 is 0 Å². The number of nitrogens with zero attached hydrogens (tertiary/aromatic N) is 4. The molecule has 10 nitrogen and oxygen atoms in total. The normalized spacial score (nSPS) is 12.7. The molecule has 0 aliphatic heterocycles. The number of aromatic nitrogens is 4. The first kappa shape index (κ1) is 20.0. The lowest BCUT2D eigenvalue weighted by Gasteiger charge is -2.16. The second kappa shape index (κ2) is 10.00. The van der Waals surface area contributed by atoms with Crippen molar-refractivity contribution in [1.29, 1.82) is 0 Å². The molecule has 144 valence electrons. The molecule has 1 aromatic carbocycles. The van der Waals surface area contributed by atoms with Crippen molar-refractivity contribution in [2.45, 2.75) is 38.8 Å². The average molecular weight is 374 g/mol. The zero-order chi connectivity index (χ0) is 19.6. The zero-order valence-electron chi connectivity index (χ0n) is 15.2. The van der Waals surface area contributed by atoms with Crippen molar-refractivity contribution in [3.63, 3.8) is 0 Å². The summed E-state index contributed by atoms with van der Waals surface area (Å²) in [6, 6.07) is 7.74. The Bertz CT molecular complexity index is 750. The van der Waals surface area contributed by atoms with Gasteiger partial charge in [-0.2, -0.15) is 0 Å². The molecule has 0 aliphatic carbocycles. The van der Waals surface area contributed by atoms with Gasteiger partial charge in [-0.05, 0) is 29.3 Å². The molecule has 2 rings (SSSR count). The monoisotopic (exact) mass is 374 g/mol. The van der Waals surface area contributed by atoms with Crippen molar-refractivity contribution in [2.24, 2.45) is 0 Å². The molecule has 10 heteroatoms. The summed E-state index contributed by atoms with van der Waals surface area (Å²) in [4.78, 5) is 35.9. The minimum absolute atomic E-state index is 0.0737. The maximum Gasteiger partial charge on any atom is 0.331 e. The minimum Gasteiger partial charge on any atom is -0.454 e. The molecule has 2 N–H and O–H groups in total. The van der Waals surface area contributed by atoms with Gasteiger partial charge in [0.15, 0.2) is 12.6 Å². The van der Waals surface area contributed by atoms with Crippen LogP contribution in [0.3, 0.4) is 0 Å². The molecule has 1 heterocycles. The number of hydrogen-bond donors (Lipinski definition) is 2. The van der Waals surface area contributed by atoms with Crippen molar-refractivity contribution in [3.8, 4) is 0 Å². The summed E-state index contributed by atoms with van der Waals surface area (Å²) in [5, 5.41) is 15.5. The van der Waals surface area contributed by atoms with E-state index in [0.29, 0.717) is 6.42 Å². The van der Waals surface area contributed by atoms with Crippen molar-refractivity contribution in [2.75, 3.05) is 6.61 Å². The molecule has 0 aliphatic rings. The van der Waals surface area contributed by atoms with Crippen LogP contribution in [0.1, 0.15) is 31.9 Å². The Hall–Kier alpha value is -3.30. The van der Waals surface area contributed by atoms with Gasteiger partial charge in [0.1, 0.15) is 6.33 Å². The Morgan fingerprint density at radius 1 is 1.22 bits per heavy atom. The molecule has 2 aromatic rings. The second-order valence-corrected chi connectivity index (χ2v) is 5.93. The third kappa shape index (κ3) is 6.49. The Kier molecular flexibility index (Phi) is 7.41. The van der Waals surface area contributed by atoms with Crippen molar-refractivity contribution >= 4 is 17.9 Å². The number of carbonyl (C=O) groups is 3. The highest BCUT2D eigenvalue weighted by Gasteiger charge is 2.25. The predicted molar refractivity (Wildman–Crippen MR) is 94.4 cm³/mol. The number of nitrogens with one attached hydrogen (secondary N) is 2. The largest absolute Gasteiger partial charge is 0.454 e. The Balaban J connectivity index is 1.92. The van der Waals surface area contributed by atoms with E-state index < -0.39 is 30.6 Å². The van der Waals surface area contributed by atoms with Gasteiger partial charge in [0, 0.05) is 12.5 Å². The maximum atomic E-state index is 12.4. The fourth-order valence-electron chi connectivity index (χ4n) is 2.19. The van der Waals surface area contributed by atoms with Crippen molar-refractivity contribution < 1.29 is 19.1 Å². The van der Waals surface area contributed by atoms with Crippen LogP contribution in [0, 0.1) is 0 Å². The van der Waals surface area contributed by atoms with E-state index in [-0.39, 0.29) is 6.04 Å². The first-order chi connectivity index (χ1) is 13.0. The summed E-state index contributed by atoms with van der Waals surface area (Å²) >= 11 is 0. The van der Waals surface area contributed by atoms with E-state index in [1.165, 1.54) is 11.0 Å². The Labute approximate surface area is 156 Å². The van der Waals surface area contributed by atoms with Crippen LogP contribution in [0.5, 0.6) is 0 Å². The highest BCUT2D eigenvalue weighted by atomic mass is 16.5. The SMILES string of the molecule is CC[C@H](C)NC(=O)NC(=O)COC(=O)[C@@H](Cc1ccccc1)n1cnnn1.